The molecule has 0 fully saturated rings. The first kappa shape index (κ1) is 11.6. The Hall–Kier alpha value is -1.88. The summed E-state index contributed by atoms with van der Waals surface area (Å²) >= 11 is 0. The van der Waals surface area contributed by atoms with Crippen LogP contribution < -0.4 is 4.90 Å². The van der Waals surface area contributed by atoms with E-state index in [-0.39, 0.29) is 11.5 Å². The van der Waals surface area contributed by atoms with Gasteiger partial charge in [0.15, 0.2) is 6.10 Å². The number of aliphatic carboxylic acids is 1. The number of carbonyl (C=O) groups excluding carboxylic acids is 1. The predicted octanol–water partition coefficient (Wildman–Crippen LogP) is 0.714. The van der Waals surface area contributed by atoms with E-state index in [1.165, 1.54) is 4.90 Å². The number of nitrogens with zero attached hydrogens (tertiary/aromatic N) is 1. The maximum Gasteiger partial charge on any atom is 0.337 e. The Morgan fingerprint density at radius 2 is 2.12 bits per heavy atom. The van der Waals surface area contributed by atoms with E-state index in [0.29, 0.717) is 18.5 Å². The highest BCUT2D eigenvalue weighted by Crippen LogP contribution is 2.29. The van der Waals surface area contributed by atoms with Crippen molar-refractivity contribution in [1.29, 1.82) is 0 Å². The van der Waals surface area contributed by atoms with Crippen LogP contribution in [0.1, 0.15) is 23.7 Å². The third kappa shape index (κ3) is 2.01. The van der Waals surface area contributed by atoms with Crippen LogP contribution in [0.15, 0.2) is 18.2 Å². The lowest BCUT2D eigenvalue weighted by Crippen LogP contribution is -2.31. The smallest absolute Gasteiger partial charge is 0.337 e. The second kappa shape index (κ2) is 4.18. The van der Waals surface area contributed by atoms with Gasteiger partial charge >= 0.3 is 5.97 Å². The topological polar surface area (TPSA) is 77.8 Å². The Bertz CT molecular complexity index is 483. The summed E-state index contributed by atoms with van der Waals surface area (Å²) in [6.07, 6.45) is -0.433. The molecule has 2 rings (SSSR count). The van der Waals surface area contributed by atoms with Gasteiger partial charge in [-0.2, -0.15) is 0 Å². The summed E-state index contributed by atoms with van der Waals surface area (Å²) in [5.74, 6) is -1.30. The van der Waals surface area contributed by atoms with E-state index in [9.17, 15) is 14.7 Å². The average Bonchev–Trinajstić information content (AvgIpc) is 2.32. The number of aryl methyl sites for hydroxylation is 1. The summed E-state index contributed by atoms with van der Waals surface area (Å²) in [6.45, 7) is 0. The van der Waals surface area contributed by atoms with Gasteiger partial charge in [-0.1, -0.05) is 12.1 Å². The predicted molar refractivity (Wildman–Crippen MR) is 60.8 cm³/mol. The van der Waals surface area contributed by atoms with Crippen molar-refractivity contribution in [2.75, 3.05) is 11.9 Å². The van der Waals surface area contributed by atoms with Crippen LogP contribution in [0.4, 0.5) is 5.69 Å². The Morgan fingerprint density at radius 1 is 1.41 bits per heavy atom. The quantitative estimate of drug-likeness (QED) is 0.791. The zero-order chi connectivity index (χ0) is 12.6. The molecule has 0 spiro atoms. The molecule has 1 aromatic carbocycles. The summed E-state index contributed by atoms with van der Waals surface area (Å²) in [4.78, 5) is 23.7. The maximum atomic E-state index is 11.5. The lowest BCUT2D eigenvalue weighted by atomic mass is 9.98. The molecular formula is C12H13NO4. The van der Waals surface area contributed by atoms with Crippen molar-refractivity contribution in [3.05, 3.63) is 29.3 Å². The first-order valence-electron chi connectivity index (χ1n) is 5.31. The van der Waals surface area contributed by atoms with Crippen molar-refractivity contribution in [2.45, 2.75) is 18.9 Å². The lowest BCUT2D eigenvalue weighted by Gasteiger charge is -2.26. The van der Waals surface area contributed by atoms with E-state index in [1.54, 1.807) is 25.2 Å². The van der Waals surface area contributed by atoms with Crippen LogP contribution in [0.2, 0.25) is 0 Å². The maximum absolute atomic E-state index is 11.5. The molecular weight excluding hydrogens is 222 g/mol. The molecule has 0 radical (unpaired) electrons. The number of aliphatic hydroxyl groups is 1. The van der Waals surface area contributed by atoms with Crippen molar-refractivity contribution in [2.24, 2.45) is 0 Å². The molecule has 1 unspecified atom stereocenters. The largest absolute Gasteiger partial charge is 0.479 e. The Balaban J connectivity index is 2.42. The lowest BCUT2D eigenvalue weighted by molar-refractivity contribution is -0.146. The van der Waals surface area contributed by atoms with E-state index in [0.717, 1.165) is 5.56 Å². The van der Waals surface area contributed by atoms with Gasteiger partial charge in [-0.3, -0.25) is 4.79 Å². The fourth-order valence-electron chi connectivity index (χ4n) is 1.96. The second-order valence-corrected chi connectivity index (χ2v) is 4.08. The zero-order valence-corrected chi connectivity index (χ0v) is 9.38. The van der Waals surface area contributed by atoms with Crippen molar-refractivity contribution in [3.8, 4) is 0 Å². The summed E-state index contributed by atoms with van der Waals surface area (Å²) in [5.41, 5.74) is 1.96. The molecule has 2 N–H and O–H groups in total. The third-order valence-corrected chi connectivity index (χ3v) is 3.00. The number of hydrogen-bond acceptors (Lipinski definition) is 3. The number of amides is 1. The molecule has 1 aliphatic rings. The van der Waals surface area contributed by atoms with Gasteiger partial charge in [0.2, 0.25) is 5.91 Å². The molecule has 1 heterocycles. The van der Waals surface area contributed by atoms with Gasteiger partial charge in [0, 0.05) is 19.2 Å². The summed E-state index contributed by atoms with van der Waals surface area (Å²) in [7, 11) is 1.65. The van der Waals surface area contributed by atoms with Gasteiger partial charge in [-0.25, -0.2) is 4.79 Å². The molecule has 0 saturated heterocycles. The number of fused-ring (bicyclic) bond motifs is 1. The molecule has 90 valence electrons. The Kier molecular flexibility index (Phi) is 2.85. The fraction of sp³-hybridized carbons (Fsp3) is 0.333. The number of carboxylic acids is 1. The SMILES string of the molecule is CN1C(=O)CCc2ccc(C(O)C(=O)O)cc21. The number of carbonyl (C=O) groups is 2. The number of carboxylic acid groups (broad SMARTS) is 1. The van der Waals surface area contributed by atoms with Crippen molar-refractivity contribution in [1.82, 2.24) is 0 Å². The van der Waals surface area contributed by atoms with Crippen molar-refractivity contribution >= 4 is 17.6 Å². The monoisotopic (exact) mass is 235 g/mol. The van der Waals surface area contributed by atoms with E-state index in [2.05, 4.69) is 0 Å². The van der Waals surface area contributed by atoms with Gasteiger partial charge < -0.3 is 15.1 Å². The first-order valence-corrected chi connectivity index (χ1v) is 5.31. The molecule has 0 saturated carbocycles. The van der Waals surface area contributed by atoms with Gasteiger partial charge in [0.1, 0.15) is 0 Å². The third-order valence-electron chi connectivity index (χ3n) is 3.00. The van der Waals surface area contributed by atoms with Gasteiger partial charge in [0.25, 0.3) is 0 Å². The van der Waals surface area contributed by atoms with Crippen LogP contribution in [0.25, 0.3) is 0 Å². The van der Waals surface area contributed by atoms with Gasteiger partial charge in [0.05, 0.1) is 0 Å². The fourth-order valence-corrected chi connectivity index (χ4v) is 1.96. The number of aliphatic hydroxyl groups excluding tert-OH is 1. The zero-order valence-electron chi connectivity index (χ0n) is 9.38. The van der Waals surface area contributed by atoms with E-state index >= 15 is 0 Å². The Labute approximate surface area is 98.3 Å². The first-order chi connectivity index (χ1) is 8.00. The molecule has 1 aromatic rings. The minimum atomic E-state index is -1.55. The van der Waals surface area contributed by atoms with Crippen LogP contribution in [0, 0.1) is 0 Å². The van der Waals surface area contributed by atoms with E-state index in [4.69, 9.17) is 5.11 Å². The number of benzene rings is 1. The number of hydrogen-bond donors (Lipinski definition) is 2. The normalized spacial score (nSPS) is 16.6. The molecule has 0 aromatic heterocycles. The van der Waals surface area contributed by atoms with Crippen LogP contribution in [0.5, 0.6) is 0 Å². The molecule has 5 nitrogen and oxygen atoms in total. The molecule has 1 aliphatic heterocycles. The summed E-state index contributed by atoms with van der Waals surface area (Å²) in [5, 5.41) is 18.2. The molecule has 5 heteroatoms. The van der Waals surface area contributed by atoms with Crippen LogP contribution >= 0.6 is 0 Å². The average molecular weight is 235 g/mol. The van der Waals surface area contributed by atoms with Crippen LogP contribution in [0.3, 0.4) is 0 Å². The highest BCUT2D eigenvalue weighted by Gasteiger charge is 2.23. The van der Waals surface area contributed by atoms with Crippen molar-refractivity contribution < 1.29 is 19.8 Å². The number of rotatable bonds is 2. The highest BCUT2D eigenvalue weighted by molar-refractivity contribution is 5.96. The molecule has 1 atom stereocenters. The second-order valence-electron chi connectivity index (χ2n) is 4.08. The minimum Gasteiger partial charge on any atom is -0.479 e. The van der Waals surface area contributed by atoms with Gasteiger partial charge in [-0.15, -0.1) is 0 Å². The molecule has 0 bridgehead atoms. The summed E-state index contributed by atoms with van der Waals surface area (Å²) < 4.78 is 0. The summed E-state index contributed by atoms with van der Waals surface area (Å²) in [6, 6.07) is 4.91. The molecule has 1 amide bonds. The minimum absolute atomic E-state index is 0.000496. The number of anilines is 1. The van der Waals surface area contributed by atoms with E-state index in [1.807, 2.05) is 0 Å². The standard InChI is InChI=1S/C12H13NO4/c1-13-9-6-8(11(15)12(16)17)3-2-7(9)4-5-10(13)14/h2-3,6,11,15H,4-5H2,1H3,(H,16,17). The van der Waals surface area contributed by atoms with Crippen LogP contribution in [-0.2, 0) is 16.0 Å². The molecule has 0 aliphatic carbocycles. The highest BCUT2D eigenvalue weighted by atomic mass is 16.4. The Morgan fingerprint density at radius 3 is 2.76 bits per heavy atom. The van der Waals surface area contributed by atoms with Gasteiger partial charge in [-0.05, 0) is 23.6 Å². The van der Waals surface area contributed by atoms with Crippen molar-refractivity contribution in [3.63, 3.8) is 0 Å². The molecule has 17 heavy (non-hydrogen) atoms. The van der Waals surface area contributed by atoms with E-state index < -0.39 is 12.1 Å². The van der Waals surface area contributed by atoms with Crippen LogP contribution in [-0.4, -0.2) is 29.1 Å².